The summed E-state index contributed by atoms with van der Waals surface area (Å²) in [6.45, 7) is 7.76. The number of aliphatic imine (C=N–C) groups is 1. The Kier molecular flexibility index (Phi) is 10.6. The van der Waals surface area contributed by atoms with Gasteiger partial charge in [0, 0.05) is 39.6 Å². The lowest BCUT2D eigenvalue weighted by molar-refractivity contribution is -0.128. The molecule has 1 saturated heterocycles. The monoisotopic (exact) mass is 472 g/mol. The number of amides is 1. The molecule has 0 aromatic heterocycles. The molecule has 5 nitrogen and oxygen atoms in total. The second-order valence-electron chi connectivity index (χ2n) is 7.13. The van der Waals surface area contributed by atoms with Crippen LogP contribution in [0.5, 0.6) is 0 Å². The first-order valence-electron chi connectivity index (χ1n) is 9.38. The Labute approximate surface area is 175 Å². The van der Waals surface area contributed by atoms with Crippen LogP contribution in [0.2, 0.25) is 0 Å². The summed E-state index contributed by atoms with van der Waals surface area (Å²) < 4.78 is 0. The average Bonchev–Trinajstić information content (AvgIpc) is 2.99. The molecular formula is C20H33IN4O. The molecule has 0 unspecified atom stereocenters. The van der Waals surface area contributed by atoms with Gasteiger partial charge in [-0.15, -0.1) is 24.0 Å². The van der Waals surface area contributed by atoms with Gasteiger partial charge in [0.05, 0.1) is 0 Å². The van der Waals surface area contributed by atoms with E-state index in [1.807, 2.05) is 4.90 Å². The largest absolute Gasteiger partial charge is 0.356 e. The van der Waals surface area contributed by atoms with Crippen molar-refractivity contribution < 1.29 is 4.79 Å². The Hall–Kier alpha value is -1.31. The molecule has 1 heterocycles. The maximum Gasteiger partial charge on any atom is 0.222 e. The Bertz CT molecular complexity index is 589. The van der Waals surface area contributed by atoms with Crippen molar-refractivity contribution in [3.05, 3.63) is 35.4 Å². The molecule has 26 heavy (non-hydrogen) atoms. The minimum Gasteiger partial charge on any atom is -0.356 e. The van der Waals surface area contributed by atoms with Gasteiger partial charge in [-0.25, -0.2) is 0 Å². The SMILES string of the molecule is CN=C(NCCCC(C)C)NCc1cccc(CN2CCCC2=O)c1.I. The predicted octanol–water partition coefficient (Wildman–Crippen LogP) is 3.53. The molecular weight excluding hydrogens is 439 g/mol. The predicted molar refractivity (Wildman–Crippen MR) is 119 cm³/mol. The topological polar surface area (TPSA) is 56.7 Å². The third kappa shape index (κ3) is 7.93. The zero-order valence-electron chi connectivity index (χ0n) is 16.3. The van der Waals surface area contributed by atoms with Crippen molar-refractivity contribution in [3.63, 3.8) is 0 Å². The molecule has 2 rings (SSSR count). The summed E-state index contributed by atoms with van der Waals surface area (Å²) in [4.78, 5) is 18.0. The summed E-state index contributed by atoms with van der Waals surface area (Å²) in [5.74, 6) is 1.85. The number of hydrogen-bond acceptors (Lipinski definition) is 2. The first-order chi connectivity index (χ1) is 12.1. The third-order valence-corrected chi connectivity index (χ3v) is 4.47. The zero-order chi connectivity index (χ0) is 18.1. The van der Waals surface area contributed by atoms with Crippen molar-refractivity contribution in [3.8, 4) is 0 Å². The summed E-state index contributed by atoms with van der Waals surface area (Å²) >= 11 is 0. The van der Waals surface area contributed by atoms with E-state index in [1.54, 1.807) is 7.05 Å². The summed E-state index contributed by atoms with van der Waals surface area (Å²) in [7, 11) is 1.80. The third-order valence-electron chi connectivity index (χ3n) is 4.47. The van der Waals surface area contributed by atoms with Crippen LogP contribution in [0.1, 0.15) is 50.7 Å². The van der Waals surface area contributed by atoms with E-state index in [4.69, 9.17) is 0 Å². The molecule has 1 aromatic carbocycles. The molecule has 1 aliphatic rings. The van der Waals surface area contributed by atoms with Gasteiger partial charge in [0.15, 0.2) is 5.96 Å². The van der Waals surface area contributed by atoms with Gasteiger partial charge >= 0.3 is 0 Å². The standard InChI is InChI=1S/C20H32N4O.HI/c1-16(2)7-5-11-22-20(21-3)23-14-17-8-4-9-18(13-17)15-24-12-6-10-19(24)25;/h4,8-9,13,16H,5-7,10-12,14-15H2,1-3H3,(H2,21,22,23);1H. The second-order valence-corrected chi connectivity index (χ2v) is 7.13. The van der Waals surface area contributed by atoms with E-state index < -0.39 is 0 Å². The van der Waals surface area contributed by atoms with Gasteiger partial charge in [-0.3, -0.25) is 9.79 Å². The number of likely N-dealkylation sites (tertiary alicyclic amines) is 1. The van der Waals surface area contributed by atoms with Crippen molar-refractivity contribution in [1.82, 2.24) is 15.5 Å². The summed E-state index contributed by atoms with van der Waals surface area (Å²) in [6.07, 6.45) is 4.05. The Morgan fingerprint density at radius 1 is 1.27 bits per heavy atom. The fourth-order valence-corrected chi connectivity index (χ4v) is 3.05. The smallest absolute Gasteiger partial charge is 0.222 e. The molecule has 6 heteroatoms. The van der Waals surface area contributed by atoms with Crippen molar-refractivity contribution in [2.75, 3.05) is 20.1 Å². The molecule has 1 amide bonds. The van der Waals surface area contributed by atoms with Crippen LogP contribution < -0.4 is 10.6 Å². The van der Waals surface area contributed by atoms with Gasteiger partial charge < -0.3 is 15.5 Å². The number of nitrogens with one attached hydrogen (secondary N) is 2. The van der Waals surface area contributed by atoms with Crippen molar-refractivity contribution >= 4 is 35.8 Å². The molecule has 0 atom stereocenters. The van der Waals surface area contributed by atoms with E-state index in [9.17, 15) is 4.79 Å². The number of nitrogens with zero attached hydrogens (tertiary/aromatic N) is 2. The first kappa shape index (κ1) is 22.7. The first-order valence-corrected chi connectivity index (χ1v) is 9.38. The van der Waals surface area contributed by atoms with E-state index in [0.29, 0.717) is 6.42 Å². The van der Waals surface area contributed by atoms with E-state index in [1.165, 1.54) is 17.5 Å². The van der Waals surface area contributed by atoms with Gasteiger partial charge in [0.2, 0.25) is 5.91 Å². The van der Waals surface area contributed by atoms with Gasteiger partial charge in [0.25, 0.3) is 0 Å². The molecule has 0 bridgehead atoms. The van der Waals surface area contributed by atoms with E-state index >= 15 is 0 Å². The van der Waals surface area contributed by atoms with Gasteiger partial charge in [-0.2, -0.15) is 0 Å². The maximum absolute atomic E-state index is 11.8. The number of carbonyl (C=O) groups is 1. The molecule has 1 aromatic rings. The van der Waals surface area contributed by atoms with E-state index in [0.717, 1.165) is 50.9 Å². The maximum atomic E-state index is 11.8. The van der Waals surface area contributed by atoms with Gasteiger partial charge in [-0.1, -0.05) is 38.1 Å². The van der Waals surface area contributed by atoms with Crippen LogP contribution in [-0.2, 0) is 17.9 Å². The van der Waals surface area contributed by atoms with Crippen molar-refractivity contribution in [1.29, 1.82) is 0 Å². The molecule has 0 aliphatic carbocycles. The van der Waals surface area contributed by atoms with Crippen LogP contribution >= 0.6 is 24.0 Å². The number of rotatable bonds is 8. The Morgan fingerprint density at radius 3 is 2.69 bits per heavy atom. The lowest BCUT2D eigenvalue weighted by Crippen LogP contribution is -2.37. The van der Waals surface area contributed by atoms with Crippen LogP contribution in [0.15, 0.2) is 29.3 Å². The van der Waals surface area contributed by atoms with Crippen LogP contribution in [0.3, 0.4) is 0 Å². The molecule has 0 saturated carbocycles. The fourth-order valence-electron chi connectivity index (χ4n) is 3.05. The lowest BCUT2D eigenvalue weighted by Gasteiger charge is -2.16. The number of hydrogen-bond donors (Lipinski definition) is 2. The highest BCUT2D eigenvalue weighted by Crippen LogP contribution is 2.15. The highest BCUT2D eigenvalue weighted by molar-refractivity contribution is 14.0. The highest BCUT2D eigenvalue weighted by atomic mass is 127. The summed E-state index contributed by atoms with van der Waals surface area (Å²) in [6, 6.07) is 8.43. The second kappa shape index (κ2) is 12.1. The zero-order valence-corrected chi connectivity index (χ0v) is 18.6. The van der Waals surface area contributed by atoms with Crippen LogP contribution in [-0.4, -0.2) is 36.9 Å². The normalized spacial score (nSPS) is 14.5. The summed E-state index contributed by atoms with van der Waals surface area (Å²) in [5, 5.41) is 6.72. The van der Waals surface area contributed by atoms with Crippen LogP contribution in [0.4, 0.5) is 0 Å². The lowest BCUT2D eigenvalue weighted by atomic mass is 10.1. The van der Waals surface area contributed by atoms with Crippen LogP contribution in [0, 0.1) is 5.92 Å². The number of halogens is 1. The number of carbonyl (C=O) groups excluding carboxylic acids is 1. The number of guanidine groups is 1. The van der Waals surface area contributed by atoms with Gasteiger partial charge in [-0.05, 0) is 36.3 Å². The molecule has 0 radical (unpaired) electrons. The Morgan fingerprint density at radius 2 is 2.04 bits per heavy atom. The molecule has 1 aliphatic heterocycles. The fraction of sp³-hybridized carbons (Fsp3) is 0.600. The minimum atomic E-state index is 0. The minimum absolute atomic E-state index is 0. The van der Waals surface area contributed by atoms with Gasteiger partial charge in [0.1, 0.15) is 0 Å². The van der Waals surface area contributed by atoms with E-state index in [-0.39, 0.29) is 29.9 Å². The molecule has 0 spiro atoms. The van der Waals surface area contributed by atoms with Crippen molar-refractivity contribution in [2.24, 2.45) is 10.9 Å². The van der Waals surface area contributed by atoms with Crippen LogP contribution in [0.25, 0.3) is 0 Å². The molecule has 146 valence electrons. The average molecular weight is 472 g/mol. The summed E-state index contributed by atoms with van der Waals surface area (Å²) in [5.41, 5.74) is 2.39. The number of benzene rings is 1. The molecule has 1 fully saturated rings. The highest BCUT2D eigenvalue weighted by Gasteiger charge is 2.19. The van der Waals surface area contributed by atoms with Crippen molar-refractivity contribution in [2.45, 2.75) is 52.6 Å². The van der Waals surface area contributed by atoms with E-state index in [2.05, 4.69) is 53.7 Å². The quantitative estimate of drug-likeness (QED) is 0.264. The Balaban J connectivity index is 0.00000338. The molecule has 2 N–H and O–H groups in total.